The molecule has 0 aliphatic carbocycles. The summed E-state index contributed by atoms with van der Waals surface area (Å²) >= 11 is 0. The zero-order valence-corrected chi connectivity index (χ0v) is 98.8. The minimum Gasteiger partial charge on any atom is -0.378 e. The lowest BCUT2D eigenvalue weighted by molar-refractivity contribution is -0.194. The standard InChI is InChI=1S/3C12H24N2O.C12H24N2.2C12H26N2.C11H22N2.C11H24N2.C11H23N.C9H20N2/c1-9(2)13-5-11-7-15-8-12(6-13)14(11)10(3)4;1-10(2)13-5-6-15-12(7-13)8-14(9-12)11(3)4;1-9(2)13-7-11-12(8-13)15-6-5-14(11)10(3)4;1-9(2)13-6-5-12-11(7-13)8-14(12)10(3)4;1-10(2)13-7-8-14(11(3)4)12(5,6)9-13;1-10(2)13-6-7-14(11(3)4)9-12(5)8-13;1-9(2)12-7-11(8-12)5-6-13(11)10(3)4;1-9(2)12-6-7-13(10(3)4)11(5)8-12;1-9(2)7-11-5-6-12(8-11)10(3)4;1-7(2)10-9-5-11(6-9)8(3)4/h9-12H,5-8H2,1-4H3;10-11H,5-9H2,1-4H3;9-12H,5-8H2,1-4H3;9-12H,5-8H2,1-4H3;10-11H,7-9H2,1-6H3;10-12H,6-9H2,1-5H3;9-10H,5-8H2,1-4H3;9-11H,6-8H2,1-5H3;9-11H,5-8H2,1-4H3;7-10H,5-6H2,1-4H3. The number of hydrogen-bond donors (Lipinski definition) is 1. The van der Waals surface area contributed by atoms with Gasteiger partial charge >= 0.3 is 0 Å². The summed E-state index contributed by atoms with van der Waals surface area (Å²) in [6.07, 6.45) is 6.11. The first-order chi connectivity index (χ1) is 63.4. The van der Waals surface area contributed by atoms with E-state index in [-0.39, 0.29) is 5.60 Å². The lowest BCUT2D eigenvalue weighted by Gasteiger charge is -2.65. The molecule has 1 N–H and O–H groups in total. The monoisotopic (exact) mass is 1920 g/mol. The van der Waals surface area contributed by atoms with Crippen LogP contribution in [0.3, 0.4) is 0 Å². The Bertz CT molecular complexity index is 3090. The van der Waals surface area contributed by atoms with Crippen LogP contribution in [-0.2, 0) is 14.2 Å². The molecule has 22 nitrogen and oxygen atoms in total. The Morgan fingerprint density at radius 2 is 0.735 bits per heavy atom. The molecule has 0 saturated carbocycles. The first-order valence-electron chi connectivity index (χ1n) is 57.5. The molecule has 8 atom stereocenters. The largest absolute Gasteiger partial charge is 0.378 e. The predicted molar refractivity (Wildman–Crippen MR) is 589 cm³/mol. The molecule has 2 spiro atoms. The number of morpholine rings is 3. The van der Waals surface area contributed by atoms with Crippen molar-refractivity contribution in [2.75, 3.05) is 216 Å². The van der Waals surface area contributed by atoms with E-state index in [1.54, 1.807) is 0 Å². The van der Waals surface area contributed by atoms with Crippen molar-refractivity contribution >= 4 is 0 Å². The van der Waals surface area contributed by atoms with Crippen LogP contribution in [0.1, 0.15) is 330 Å². The van der Waals surface area contributed by atoms with Crippen LogP contribution in [0.15, 0.2) is 0 Å². The second-order valence-corrected chi connectivity index (χ2v) is 51.8. The predicted octanol–water partition coefficient (Wildman–Crippen LogP) is 16.8. The summed E-state index contributed by atoms with van der Waals surface area (Å²) in [6.45, 7) is 140. The maximum absolute atomic E-state index is 5.98. The van der Waals surface area contributed by atoms with Crippen molar-refractivity contribution in [3.8, 4) is 0 Å². The van der Waals surface area contributed by atoms with Gasteiger partial charge in [0.2, 0.25) is 0 Å². The smallest absolute Gasteiger partial charge is 0.106 e. The van der Waals surface area contributed by atoms with Crippen molar-refractivity contribution < 1.29 is 14.2 Å². The van der Waals surface area contributed by atoms with Gasteiger partial charge in [-0.2, -0.15) is 0 Å². The van der Waals surface area contributed by atoms with E-state index in [2.05, 4.69) is 398 Å². The van der Waals surface area contributed by atoms with Gasteiger partial charge in [-0.15, -0.1) is 0 Å². The Kier molecular flexibility index (Phi) is 53.0. The number of fused-ring (bicyclic) bond motifs is 4. The van der Waals surface area contributed by atoms with Crippen LogP contribution in [0, 0.1) is 23.7 Å². The van der Waals surface area contributed by atoms with Gasteiger partial charge in [0.25, 0.3) is 0 Å². The Morgan fingerprint density at radius 1 is 0.309 bits per heavy atom. The van der Waals surface area contributed by atoms with Crippen LogP contribution in [0.4, 0.5) is 0 Å². The van der Waals surface area contributed by atoms with Gasteiger partial charge in [0, 0.05) is 333 Å². The van der Waals surface area contributed by atoms with Gasteiger partial charge in [-0.3, -0.25) is 78.4 Å². The zero-order chi connectivity index (χ0) is 102. The molecule has 0 aromatic rings. The Labute approximate surface area is 847 Å². The molecule has 806 valence electrons. The van der Waals surface area contributed by atoms with E-state index < -0.39 is 0 Å². The molecular formula is C114H237N19O3. The Morgan fingerprint density at radius 3 is 1.15 bits per heavy atom. The van der Waals surface area contributed by atoms with Crippen molar-refractivity contribution in [1.82, 2.24) is 93.5 Å². The second kappa shape index (κ2) is 58.2. The van der Waals surface area contributed by atoms with Crippen LogP contribution in [0.25, 0.3) is 0 Å². The summed E-state index contributed by atoms with van der Waals surface area (Å²) < 4.78 is 17.5. The Balaban J connectivity index is 0.000000232. The fraction of sp³-hybridized carbons (Fsp3) is 1.00. The lowest BCUT2D eigenvalue weighted by atomic mass is 9.76. The summed E-state index contributed by atoms with van der Waals surface area (Å²) in [5, 5.41) is 3.52. The van der Waals surface area contributed by atoms with Gasteiger partial charge in [0.1, 0.15) is 5.60 Å². The van der Waals surface area contributed by atoms with E-state index in [1.807, 2.05) is 0 Å². The fourth-order valence-corrected chi connectivity index (χ4v) is 24.9. The normalized spacial score (nSPS) is 28.4. The molecule has 0 aromatic carbocycles. The Hall–Kier alpha value is -0.880. The van der Waals surface area contributed by atoms with Crippen LogP contribution < -0.4 is 5.32 Å². The van der Waals surface area contributed by atoms with Crippen LogP contribution in [0.2, 0.25) is 0 Å². The molecule has 2 bridgehead atoms. The first kappa shape index (κ1) is 124. The van der Waals surface area contributed by atoms with Crippen LogP contribution in [-0.4, -0.2) is 478 Å². The third-order valence-corrected chi connectivity index (χ3v) is 33.7. The first-order valence-corrected chi connectivity index (χ1v) is 57.5. The van der Waals surface area contributed by atoms with E-state index >= 15 is 0 Å². The van der Waals surface area contributed by atoms with Gasteiger partial charge < -0.3 is 29.3 Å². The van der Waals surface area contributed by atoms with Gasteiger partial charge in [-0.25, -0.2) is 0 Å². The summed E-state index contributed by atoms with van der Waals surface area (Å²) in [6, 6.07) is 17.4. The molecule has 15 rings (SSSR count). The minimum atomic E-state index is 0.160. The molecule has 15 aliphatic heterocycles. The molecule has 0 radical (unpaired) electrons. The van der Waals surface area contributed by atoms with Gasteiger partial charge in [0.15, 0.2) is 0 Å². The third-order valence-electron chi connectivity index (χ3n) is 33.7. The van der Waals surface area contributed by atoms with Crippen LogP contribution >= 0.6 is 0 Å². The minimum absolute atomic E-state index is 0.160. The van der Waals surface area contributed by atoms with Crippen molar-refractivity contribution in [3.05, 3.63) is 0 Å². The van der Waals surface area contributed by atoms with Gasteiger partial charge in [-0.1, -0.05) is 34.6 Å². The molecule has 8 unspecified atom stereocenters. The maximum Gasteiger partial charge on any atom is 0.106 e. The van der Waals surface area contributed by atoms with Crippen molar-refractivity contribution in [3.63, 3.8) is 0 Å². The number of rotatable bonds is 22. The fourth-order valence-electron chi connectivity index (χ4n) is 24.9. The SMILES string of the molecule is CC(C)CC1CCN(C(C)C)C1.CC(C)N1CC2(CCN2C(C)C)C1.CC(C)N1CC2COCC(C1)N2C(C)C.CC(C)N1CC2OCCN(C(C)C)C2C1.CC(C)N1CCC2C(C1)CN2C(C)C.CC(C)N1CCN(C(C)C)C(C)(C)C1.CC(C)N1CCN(C(C)C)C(C)C1.CC(C)N1CCOC2(C1)CN(C(C)C)C2.CC(C)NC1CN(C(C)C)C1.CC1CN(C(C)C)CCN(C(C)C)C1. The number of piperazine rings is 3. The van der Waals surface area contributed by atoms with Crippen molar-refractivity contribution in [2.24, 2.45) is 23.7 Å². The highest BCUT2D eigenvalue weighted by Crippen LogP contribution is 2.42. The molecule has 15 heterocycles. The van der Waals surface area contributed by atoms with Crippen molar-refractivity contribution in [1.29, 1.82) is 0 Å². The average molecular weight is 1920 g/mol. The van der Waals surface area contributed by atoms with E-state index in [4.69, 9.17) is 14.2 Å². The highest BCUT2D eigenvalue weighted by Gasteiger charge is 2.55. The number of hydrogen-bond acceptors (Lipinski definition) is 22. The molecule has 22 heteroatoms. The van der Waals surface area contributed by atoms with Crippen molar-refractivity contribution in [2.45, 2.75) is 504 Å². The molecule has 136 heavy (non-hydrogen) atoms. The molecule has 15 aliphatic rings. The number of nitrogens with one attached hydrogen (secondary N) is 1. The van der Waals surface area contributed by atoms with E-state index in [1.165, 1.54) is 176 Å². The molecule has 0 aromatic heterocycles. The highest BCUT2D eigenvalue weighted by molar-refractivity contribution is 5.12. The number of likely N-dealkylation sites (tertiary alicyclic amines) is 8. The topological polar surface area (TPSA) is 98.0 Å². The van der Waals surface area contributed by atoms with Gasteiger partial charge in [-0.05, 0) is 332 Å². The zero-order valence-electron chi connectivity index (χ0n) is 98.8. The molecular weight excluding hydrogens is 1680 g/mol. The van der Waals surface area contributed by atoms with E-state index in [0.717, 1.165) is 144 Å². The second-order valence-electron chi connectivity index (χ2n) is 51.8. The average Bonchev–Trinajstić information content (AvgIpc) is 0.906. The summed E-state index contributed by atoms with van der Waals surface area (Å²) in [4.78, 5) is 46.7. The summed E-state index contributed by atoms with van der Waals surface area (Å²) in [5.74, 6) is 3.63. The van der Waals surface area contributed by atoms with E-state index in [9.17, 15) is 0 Å². The van der Waals surface area contributed by atoms with Gasteiger partial charge in [0.05, 0.1) is 38.6 Å². The lowest BCUT2D eigenvalue weighted by Crippen LogP contribution is -2.78. The number of piperidine rings is 1. The quantitative estimate of drug-likeness (QED) is 0.111. The number of ether oxygens (including phenoxy) is 3. The molecule has 15 saturated heterocycles. The maximum atomic E-state index is 5.98. The van der Waals surface area contributed by atoms with E-state index in [0.29, 0.717) is 114 Å². The molecule has 15 fully saturated rings. The third kappa shape index (κ3) is 38.1. The highest BCUT2D eigenvalue weighted by atomic mass is 16.5. The number of nitrogens with zero attached hydrogens (tertiary/aromatic N) is 18. The summed E-state index contributed by atoms with van der Waals surface area (Å²) in [5.41, 5.74) is 1.09. The van der Waals surface area contributed by atoms with Crippen LogP contribution in [0.5, 0.6) is 0 Å². The summed E-state index contributed by atoms with van der Waals surface area (Å²) in [7, 11) is 0. The molecule has 0 amide bonds.